The summed E-state index contributed by atoms with van der Waals surface area (Å²) in [6.45, 7) is 0.0651. The molecule has 3 rings (SSSR count). The summed E-state index contributed by atoms with van der Waals surface area (Å²) in [6, 6.07) is 20.0. The molecule has 1 fully saturated rings. The Morgan fingerprint density at radius 3 is 1.71 bits per heavy atom. The third kappa shape index (κ3) is 6.63. The topological polar surface area (TPSA) is 38.7 Å². The van der Waals surface area contributed by atoms with Crippen LogP contribution in [0.3, 0.4) is 0 Å². The second kappa shape index (κ2) is 11.4. The van der Waals surface area contributed by atoms with Gasteiger partial charge in [0.25, 0.3) is 0 Å². The quantitative estimate of drug-likeness (QED) is 0.476. The van der Waals surface area contributed by atoms with E-state index in [9.17, 15) is 4.79 Å². The van der Waals surface area contributed by atoms with Crippen LogP contribution < -0.4 is 0 Å². The highest BCUT2D eigenvalue weighted by Gasteiger charge is 2.15. The number of aliphatic imine (C=N–C) groups is 1. The molecule has 0 N–H and O–H groups in total. The van der Waals surface area contributed by atoms with Gasteiger partial charge >= 0.3 is 5.97 Å². The highest BCUT2D eigenvalue weighted by Crippen LogP contribution is 2.19. The maximum absolute atomic E-state index is 12.5. The number of ether oxygens (including phenoxy) is 1. The van der Waals surface area contributed by atoms with E-state index in [2.05, 4.69) is 4.99 Å². The van der Waals surface area contributed by atoms with Crippen molar-refractivity contribution in [2.24, 2.45) is 4.99 Å². The molecule has 2 aromatic carbocycles. The minimum absolute atomic E-state index is 0.0534. The van der Waals surface area contributed by atoms with Crippen molar-refractivity contribution in [2.75, 3.05) is 6.54 Å². The fourth-order valence-electron chi connectivity index (χ4n) is 3.80. The van der Waals surface area contributed by atoms with Crippen molar-refractivity contribution < 1.29 is 9.53 Å². The van der Waals surface area contributed by atoms with Crippen molar-refractivity contribution >= 4 is 11.7 Å². The number of benzene rings is 2. The largest absolute Gasteiger partial charge is 0.461 e. The van der Waals surface area contributed by atoms with Gasteiger partial charge < -0.3 is 4.74 Å². The van der Waals surface area contributed by atoms with E-state index in [1.165, 1.54) is 32.1 Å². The molecule has 0 bridgehead atoms. The van der Waals surface area contributed by atoms with E-state index in [1.54, 1.807) is 0 Å². The van der Waals surface area contributed by atoms with E-state index >= 15 is 0 Å². The van der Waals surface area contributed by atoms with Crippen LogP contribution in [0.25, 0.3) is 0 Å². The number of carbonyl (C=O) groups is 1. The lowest BCUT2D eigenvalue weighted by Crippen LogP contribution is -2.21. The Morgan fingerprint density at radius 1 is 0.750 bits per heavy atom. The third-order valence-corrected chi connectivity index (χ3v) is 5.31. The summed E-state index contributed by atoms with van der Waals surface area (Å²) >= 11 is 0. The molecule has 0 heterocycles. The molecule has 2 aromatic rings. The average Bonchev–Trinajstić information content (AvgIpc) is 2.74. The molecule has 0 spiro atoms. The van der Waals surface area contributed by atoms with Gasteiger partial charge in [-0.3, -0.25) is 9.79 Å². The molecule has 0 aromatic heterocycles. The van der Waals surface area contributed by atoms with Crippen LogP contribution in [0.5, 0.6) is 0 Å². The predicted molar refractivity (Wildman–Crippen MR) is 115 cm³/mol. The fourth-order valence-corrected chi connectivity index (χ4v) is 3.80. The standard InChI is InChI=1S/C25H31NO2/c27-24(28-23-18-12-4-2-1-3-5-13-19-23)20-26-25(21-14-8-6-9-15-21)22-16-10-7-11-17-22/h6-11,14-17,23H,1-5,12-13,18-20H2. The molecule has 0 atom stereocenters. The molecule has 148 valence electrons. The number of rotatable bonds is 5. The normalized spacial score (nSPS) is 16.1. The van der Waals surface area contributed by atoms with Gasteiger partial charge in [0.1, 0.15) is 12.6 Å². The van der Waals surface area contributed by atoms with Gasteiger partial charge in [-0.15, -0.1) is 0 Å². The molecule has 28 heavy (non-hydrogen) atoms. The molecule has 1 aliphatic rings. The zero-order valence-corrected chi connectivity index (χ0v) is 16.7. The zero-order chi connectivity index (χ0) is 19.4. The van der Waals surface area contributed by atoms with E-state index in [4.69, 9.17) is 4.74 Å². The molecule has 3 heteroatoms. The summed E-state index contributed by atoms with van der Waals surface area (Å²) in [5, 5.41) is 0. The molecule has 1 saturated carbocycles. The van der Waals surface area contributed by atoms with Crippen LogP contribution in [0, 0.1) is 0 Å². The Kier molecular flexibility index (Phi) is 8.29. The van der Waals surface area contributed by atoms with Gasteiger partial charge in [0.2, 0.25) is 0 Å². The molecule has 1 aliphatic carbocycles. The Labute approximate surface area is 168 Å². The molecular weight excluding hydrogens is 346 g/mol. The smallest absolute Gasteiger partial charge is 0.327 e. The number of nitrogens with zero attached hydrogens (tertiary/aromatic N) is 1. The molecule has 0 amide bonds. The summed E-state index contributed by atoms with van der Waals surface area (Å²) in [4.78, 5) is 17.1. The molecule has 0 saturated heterocycles. The Bertz CT molecular complexity index is 688. The summed E-state index contributed by atoms with van der Waals surface area (Å²) in [5.41, 5.74) is 2.87. The lowest BCUT2D eigenvalue weighted by Gasteiger charge is -2.19. The lowest BCUT2D eigenvalue weighted by molar-refractivity contribution is -0.148. The first kappa shape index (κ1) is 20.3. The summed E-state index contributed by atoms with van der Waals surface area (Å²) in [6.07, 6.45) is 10.8. The second-order valence-corrected chi connectivity index (χ2v) is 7.56. The van der Waals surface area contributed by atoms with E-state index in [-0.39, 0.29) is 18.6 Å². The van der Waals surface area contributed by atoms with Gasteiger partial charge in [0.05, 0.1) is 5.71 Å². The SMILES string of the molecule is O=C(CN=C(c1ccccc1)c1ccccc1)OC1CCCCCCCCC1. The molecule has 0 unspecified atom stereocenters. The van der Waals surface area contributed by atoms with Crippen molar-refractivity contribution in [1.82, 2.24) is 0 Å². The lowest BCUT2D eigenvalue weighted by atomic mass is 9.99. The van der Waals surface area contributed by atoms with Crippen molar-refractivity contribution in [3.8, 4) is 0 Å². The van der Waals surface area contributed by atoms with Crippen LogP contribution in [0.1, 0.15) is 68.9 Å². The fraction of sp³-hybridized carbons (Fsp3) is 0.440. The highest BCUT2D eigenvalue weighted by molar-refractivity contribution is 6.13. The van der Waals surface area contributed by atoms with Crippen molar-refractivity contribution in [3.63, 3.8) is 0 Å². The second-order valence-electron chi connectivity index (χ2n) is 7.56. The Balaban J connectivity index is 1.65. The van der Waals surface area contributed by atoms with Gasteiger partial charge in [0.15, 0.2) is 0 Å². The number of carbonyl (C=O) groups excluding carboxylic acids is 1. The minimum atomic E-state index is -0.216. The van der Waals surface area contributed by atoms with Gasteiger partial charge in [-0.2, -0.15) is 0 Å². The van der Waals surface area contributed by atoms with E-state index in [0.717, 1.165) is 42.5 Å². The zero-order valence-electron chi connectivity index (χ0n) is 16.7. The summed E-state index contributed by atoms with van der Waals surface area (Å²) in [7, 11) is 0. The first-order valence-corrected chi connectivity index (χ1v) is 10.7. The maximum Gasteiger partial charge on any atom is 0.327 e. The monoisotopic (exact) mass is 377 g/mol. The molecule has 0 aliphatic heterocycles. The Morgan fingerprint density at radius 2 is 1.21 bits per heavy atom. The molecule has 3 nitrogen and oxygen atoms in total. The Hall–Kier alpha value is -2.42. The number of hydrogen-bond donors (Lipinski definition) is 0. The molecule has 0 radical (unpaired) electrons. The first-order chi connectivity index (χ1) is 13.8. The van der Waals surface area contributed by atoms with E-state index in [0.29, 0.717) is 0 Å². The van der Waals surface area contributed by atoms with Crippen LogP contribution in [-0.4, -0.2) is 24.3 Å². The van der Waals surface area contributed by atoms with Crippen LogP contribution in [0.4, 0.5) is 0 Å². The van der Waals surface area contributed by atoms with Crippen molar-refractivity contribution in [3.05, 3.63) is 71.8 Å². The van der Waals surface area contributed by atoms with E-state index < -0.39 is 0 Å². The van der Waals surface area contributed by atoms with Crippen molar-refractivity contribution in [2.45, 2.75) is 63.9 Å². The average molecular weight is 378 g/mol. The summed E-state index contributed by atoms with van der Waals surface area (Å²) < 4.78 is 5.80. The van der Waals surface area contributed by atoms with Gasteiger partial charge in [-0.1, -0.05) is 92.8 Å². The molecular formula is C25H31NO2. The minimum Gasteiger partial charge on any atom is -0.461 e. The number of hydrogen-bond acceptors (Lipinski definition) is 3. The highest BCUT2D eigenvalue weighted by atomic mass is 16.5. The van der Waals surface area contributed by atoms with Crippen LogP contribution in [0.15, 0.2) is 65.7 Å². The predicted octanol–water partition coefficient (Wildman–Crippen LogP) is 5.96. The van der Waals surface area contributed by atoms with Gasteiger partial charge in [-0.05, 0) is 25.7 Å². The van der Waals surface area contributed by atoms with Gasteiger partial charge in [0, 0.05) is 11.1 Å². The van der Waals surface area contributed by atoms with Gasteiger partial charge in [-0.25, -0.2) is 0 Å². The van der Waals surface area contributed by atoms with E-state index in [1.807, 2.05) is 60.7 Å². The van der Waals surface area contributed by atoms with Crippen LogP contribution in [0.2, 0.25) is 0 Å². The third-order valence-electron chi connectivity index (χ3n) is 5.31. The first-order valence-electron chi connectivity index (χ1n) is 10.7. The maximum atomic E-state index is 12.5. The number of esters is 1. The van der Waals surface area contributed by atoms with Crippen molar-refractivity contribution in [1.29, 1.82) is 0 Å². The summed E-state index contributed by atoms with van der Waals surface area (Å²) in [5.74, 6) is -0.216. The van der Waals surface area contributed by atoms with Crippen LogP contribution >= 0.6 is 0 Å². The van der Waals surface area contributed by atoms with Crippen LogP contribution in [-0.2, 0) is 9.53 Å².